The molecule has 2 nitrogen and oxygen atoms in total. The number of rotatable bonds is 3. The van der Waals surface area contributed by atoms with Crippen molar-refractivity contribution in [3.05, 3.63) is 10.0 Å². The van der Waals surface area contributed by atoms with Crippen molar-refractivity contribution in [1.82, 2.24) is 10.2 Å². The molecule has 0 spiro atoms. The Labute approximate surface area is 84.4 Å². The van der Waals surface area contributed by atoms with Gasteiger partial charge in [-0.25, -0.2) is 0 Å². The summed E-state index contributed by atoms with van der Waals surface area (Å²) in [6.45, 7) is 10.9. The van der Waals surface area contributed by atoms with E-state index in [0.29, 0.717) is 5.92 Å². The predicted octanol–water partition coefficient (Wildman–Crippen LogP) is 3.35. The minimum absolute atomic E-state index is 0.185. The fraction of sp³-hybridized carbons (Fsp3) is 0.800. The first-order valence-electron chi connectivity index (χ1n) is 4.81. The quantitative estimate of drug-likeness (QED) is 0.744. The molecule has 13 heavy (non-hydrogen) atoms. The molecule has 74 valence electrons. The van der Waals surface area contributed by atoms with Crippen molar-refractivity contribution in [3.8, 4) is 0 Å². The van der Waals surface area contributed by atoms with Gasteiger partial charge >= 0.3 is 0 Å². The summed E-state index contributed by atoms with van der Waals surface area (Å²) in [4.78, 5) is 0. The highest BCUT2D eigenvalue weighted by Gasteiger charge is 2.23. The standard InChI is InChI=1S/C10H18N2S/c1-6-10(4,5)9-12-11-8(13-9)7(2)3/h7H,6H2,1-5H3. The number of nitrogens with zero attached hydrogens (tertiary/aromatic N) is 2. The molecule has 0 aliphatic carbocycles. The van der Waals surface area contributed by atoms with E-state index < -0.39 is 0 Å². The lowest BCUT2D eigenvalue weighted by Gasteiger charge is -2.17. The summed E-state index contributed by atoms with van der Waals surface area (Å²) >= 11 is 1.75. The van der Waals surface area contributed by atoms with Gasteiger partial charge in [-0.15, -0.1) is 21.5 Å². The molecular formula is C10H18N2S. The second-order valence-electron chi connectivity index (χ2n) is 4.34. The molecule has 0 bridgehead atoms. The van der Waals surface area contributed by atoms with E-state index in [-0.39, 0.29) is 5.41 Å². The van der Waals surface area contributed by atoms with Crippen LogP contribution in [-0.4, -0.2) is 10.2 Å². The molecule has 1 aromatic heterocycles. The van der Waals surface area contributed by atoms with Crippen molar-refractivity contribution in [2.75, 3.05) is 0 Å². The van der Waals surface area contributed by atoms with Gasteiger partial charge in [0.2, 0.25) is 0 Å². The van der Waals surface area contributed by atoms with Gasteiger partial charge in [-0.1, -0.05) is 34.6 Å². The lowest BCUT2D eigenvalue weighted by atomic mass is 9.91. The minimum Gasteiger partial charge on any atom is -0.143 e. The van der Waals surface area contributed by atoms with Crippen LogP contribution < -0.4 is 0 Å². The van der Waals surface area contributed by atoms with Gasteiger partial charge in [-0.05, 0) is 6.42 Å². The first-order chi connectivity index (χ1) is 5.97. The van der Waals surface area contributed by atoms with E-state index in [1.807, 2.05) is 0 Å². The lowest BCUT2D eigenvalue weighted by Crippen LogP contribution is -2.14. The highest BCUT2D eigenvalue weighted by Crippen LogP contribution is 2.31. The van der Waals surface area contributed by atoms with E-state index in [9.17, 15) is 0 Å². The third-order valence-electron chi connectivity index (χ3n) is 2.40. The van der Waals surface area contributed by atoms with Gasteiger partial charge in [0, 0.05) is 11.3 Å². The highest BCUT2D eigenvalue weighted by molar-refractivity contribution is 7.11. The Morgan fingerprint density at radius 1 is 1.31 bits per heavy atom. The zero-order valence-electron chi connectivity index (χ0n) is 9.09. The van der Waals surface area contributed by atoms with E-state index in [0.717, 1.165) is 11.4 Å². The molecule has 0 fully saturated rings. The Morgan fingerprint density at radius 2 is 1.92 bits per heavy atom. The SMILES string of the molecule is CCC(C)(C)c1nnc(C(C)C)s1. The molecule has 0 radical (unpaired) electrons. The Kier molecular flexibility index (Phi) is 3.06. The van der Waals surface area contributed by atoms with Crippen LogP contribution in [0.2, 0.25) is 0 Å². The molecule has 1 aromatic rings. The van der Waals surface area contributed by atoms with Crippen molar-refractivity contribution in [1.29, 1.82) is 0 Å². The Hall–Kier alpha value is -0.440. The van der Waals surface area contributed by atoms with E-state index in [2.05, 4.69) is 44.8 Å². The topological polar surface area (TPSA) is 25.8 Å². The van der Waals surface area contributed by atoms with Crippen molar-refractivity contribution < 1.29 is 0 Å². The summed E-state index contributed by atoms with van der Waals surface area (Å²) in [5.74, 6) is 0.499. The Morgan fingerprint density at radius 3 is 2.31 bits per heavy atom. The Balaban J connectivity index is 2.91. The molecule has 0 N–H and O–H groups in total. The zero-order chi connectivity index (χ0) is 10.1. The molecule has 0 aromatic carbocycles. The summed E-state index contributed by atoms with van der Waals surface area (Å²) in [6, 6.07) is 0. The van der Waals surface area contributed by atoms with Gasteiger partial charge in [0.15, 0.2) is 0 Å². The number of aromatic nitrogens is 2. The van der Waals surface area contributed by atoms with E-state index >= 15 is 0 Å². The maximum absolute atomic E-state index is 4.25. The lowest BCUT2D eigenvalue weighted by molar-refractivity contribution is 0.498. The van der Waals surface area contributed by atoms with Gasteiger partial charge < -0.3 is 0 Å². The molecule has 1 rings (SSSR count). The molecule has 0 aliphatic heterocycles. The van der Waals surface area contributed by atoms with Crippen LogP contribution in [0.4, 0.5) is 0 Å². The first-order valence-corrected chi connectivity index (χ1v) is 5.63. The van der Waals surface area contributed by atoms with Crippen LogP contribution >= 0.6 is 11.3 Å². The smallest absolute Gasteiger partial charge is 0.123 e. The average Bonchev–Trinajstić information content (AvgIpc) is 2.52. The third-order valence-corrected chi connectivity index (χ3v) is 3.99. The van der Waals surface area contributed by atoms with E-state index in [4.69, 9.17) is 0 Å². The molecular weight excluding hydrogens is 180 g/mol. The summed E-state index contributed by atoms with van der Waals surface area (Å²) in [7, 11) is 0. The van der Waals surface area contributed by atoms with Gasteiger partial charge in [0.25, 0.3) is 0 Å². The first kappa shape index (κ1) is 10.6. The third kappa shape index (κ3) is 2.27. The van der Waals surface area contributed by atoms with Gasteiger partial charge in [-0.2, -0.15) is 0 Å². The predicted molar refractivity (Wildman–Crippen MR) is 57.3 cm³/mol. The van der Waals surface area contributed by atoms with Crippen molar-refractivity contribution in [3.63, 3.8) is 0 Å². The minimum atomic E-state index is 0.185. The molecule has 0 saturated carbocycles. The van der Waals surface area contributed by atoms with Crippen LogP contribution in [0.1, 0.15) is 57.0 Å². The summed E-state index contributed by atoms with van der Waals surface area (Å²) in [6.07, 6.45) is 1.11. The van der Waals surface area contributed by atoms with Crippen molar-refractivity contribution in [2.45, 2.75) is 52.4 Å². The molecule has 3 heteroatoms. The maximum atomic E-state index is 4.25. The van der Waals surface area contributed by atoms with Gasteiger partial charge in [0.05, 0.1) is 0 Å². The second-order valence-corrected chi connectivity index (χ2v) is 5.35. The summed E-state index contributed by atoms with van der Waals surface area (Å²) < 4.78 is 0. The van der Waals surface area contributed by atoms with Crippen molar-refractivity contribution >= 4 is 11.3 Å². The van der Waals surface area contributed by atoms with Crippen LogP contribution in [0.5, 0.6) is 0 Å². The monoisotopic (exact) mass is 198 g/mol. The fourth-order valence-corrected chi connectivity index (χ4v) is 1.91. The second kappa shape index (κ2) is 3.74. The average molecular weight is 198 g/mol. The highest BCUT2D eigenvalue weighted by atomic mass is 32.1. The number of hydrogen-bond donors (Lipinski definition) is 0. The van der Waals surface area contributed by atoms with E-state index in [1.54, 1.807) is 11.3 Å². The molecule has 0 atom stereocenters. The van der Waals surface area contributed by atoms with Crippen LogP contribution in [0, 0.1) is 0 Å². The van der Waals surface area contributed by atoms with Crippen LogP contribution in [-0.2, 0) is 5.41 Å². The van der Waals surface area contributed by atoms with Crippen LogP contribution in [0.3, 0.4) is 0 Å². The van der Waals surface area contributed by atoms with Crippen molar-refractivity contribution in [2.24, 2.45) is 0 Å². The summed E-state index contributed by atoms with van der Waals surface area (Å²) in [5, 5.41) is 10.8. The normalized spacial score (nSPS) is 12.5. The molecule has 0 saturated heterocycles. The van der Waals surface area contributed by atoms with Gasteiger partial charge in [-0.3, -0.25) is 0 Å². The molecule has 0 aliphatic rings. The van der Waals surface area contributed by atoms with E-state index in [1.165, 1.54) is 5.01 Å². The maximum Gasteiger partial charge on any atom is 0.123 e. The molecule has 0 amide bonds. The fourth-order valence-electron chi connectivity index (χ4n) is 0.893. The number of hydrogen-bond acceptors (Lipinski definition) is 3. The molecule has 0 unspecified atom stereocenters. The van der Waals surface area contributed by atoms with Crippen LogP contribution in [0.15, 0.2) is 0 Å². The molecule has 1 heterocycles. The van der Waals surface area contributed by atoms with Gasteiger partial charge in [0.1, 0.15) is 10.0 Å². The largest absolute Gasteiger partial charge is 0.143 e. The van der Waals surface area contributed by atoms with Crippen LogP contribution in [0.25, 0.3) is 0 Å². The zero-order valence-corrected chi connectivity index (χ0v) is 9.90. The Bertz CT molecular complexity index is 276. The summed E-state index contributed by atoms with van der Waals surface area (Å²) in [5.41, 5.74) is 0.185.